The van der Waals surface area contributed by atoms with Crippen LogP contribution in [-0.4, -0.2) is 9.72 Å². The van der Waals surface area contributed by atoms with E-state index < -0.39 is 11.4 Å². The predicted molar refractivity (Wildman–Crippen MR) is 52.9 cm³/mol. The zero-order chi connectivity index (χ0) is 10.6. The molecular formula is C9H10N2O3. The van der Waals surface area contributed by atoms with Gasteiger partial charge in [-0.15, -0.1) is 4.74 Å². The number of hydrogen-bond acceptors (Lipinski definition) is 3. The molecule has 74 valence electrons. The third-order valence-corrected chi connectivity index (χ3v) is 1.50. The van der Waals surface area contributed by atoms with Crippen molar-refractivity contribution >= 4 is 5.70 Å². The summed E-state index contributed by atoms with van der Waals surface area (Å²) in [4.78, 5) is 23.8. The second-order valence-electron chi connectivity index (χ2n) is 2.41. The van der Waals surface area contributed by atoms with Gasteiger partial charge in [-0.25, -0.2) is 14.6 Å². The van der Waals surface area contributed by atoms with Gasteiger partial charge in [-0.2, -0.15) is 0 Å². The van der Waals surface area contributed by atoms with Gasteiger partial charge in [0, 0.05) is 0 Å². The minimum Gasteiger partial charge on any atom is -0.312 e. The molecule has 0 radical (unpaired) electrons. The lowest BCUT2D eigenvalue weighted by atomic mass is 10.3. The largest absolute Gasteiger partial charge is 0.440 e. The molecule has 0 aliphatic rings. The molecule has 1 heterocycles. The summed E-state index contributed by atoms with van der Waals surface area (Å²) in [5.74, 6) is -0.777. The van der Waals surface area contributed by atoms with E-state index in [0.29, 0.717) is 5.70 Å². The lowest BCUT2D eigenvalue weighted by molar-refractivity contribution is 0.322. The molecule has 1 aromatic rings. The number of rotatable bonds is 3. The first kappa shape index (κ1) is 10.0. The molecule has 5 nitrogen and oxygen atoms in total. The fourth-order valence-corrected chi connectivity index (χ4v) is 0.903. The summed E-state index contributed by atoms with van der Waals surface area (Å²) in [6.07, 6.45) is 6.43. The number of H-pyrrole nitrogens is 1. The molecule has 0 aromatic carbocycles. The third-order valence-electron chi connectivity index (χ3n) is 1.50. The molecule has 14 heavy (non-hydrogen) atoms. The van der Waals surface area contributed by atoms with Crippen molar-refractivity contribution in [3.63, 3.8) is 0 Å². The van der Waals surface area contributed by atoms with Gasteiger partial charge in [0.05, 0.1) is 5.70 Å². The normalized spacial score (nSPS) is 12.2. The van der Waals surface area contributed by atoms with Crippen LogP contribution in [0.4, 0.5) is 0 Å². The molecule has 0 bridgehead atoms. The maximum absolute atomic E-state index is 11.1. The van der Waals surface area contributed by atoms with Gasteiger partial charge >= 0.3 is 11.4 Å². The molecule has 0 atom stereocenters. The minimum absolute atomic E-state index is 0.466. The van der Waals surface area contributed by atoms with E-state index in [-0.39, 0.29) is 0 Å². The summed E-state index contributed by atoms with van der Waals surface area (Å²) in [5, 5.41) is 0. The highest BCUT2D eigenvalue weighted by atomic mass is 16.5. The standard InChI is InChI=1S/C9H10N2O3/c1-3-5-6-7(4-2)11-8(12)10-9(13)14-11/h3-6H,1H2,2H3,(H,10,12,13)/b6-5-,7-4+. The van der Waals surface area contributed by atoms with E-state index in [0.717, 1.165) is 4.74 Å². The van der Waals surface area contributed by atoms with Gasteiger partial charge in [0.15, 0.2) is 0 Å². The van der Waals surface area contributed by atoms with Crippen molar-refractivity contribution in [2.24, 2.45) is 0 Å². The van der Waals surface area contributed by atoms with Gasteiger partial charge in [0.1, 0.15) is 0 Å². The maximum atomic E-state index is 11.1. The van der Waals surface area contributed by atoms with Crippen LogP contribution in [0.1, 0.15) is 6.92 Å². The first-order valence-corrected chi connectivity index (χ1v) is 3.97. The zero-order valence-corrected chi connectivity index (χ0v) is 7.69. The maximum Gasteiger partial charge on any atom is 0.440 e. The minimum atomic E-state index is -0.777. The van der Waals surface area contributed by atoms with E-state index in [1.807, 2.05) is 4.98 Å². The van der Waals surface area contributed by atoms with Crippen molar-refractivity contribution < 1.29 is 4.52 Å². The van der Waals surface area contributed by atoms with E-state index >= 15 is 0 Å². The van der Waals surface area contributed by atoms with E-state index in [1.165, 1.54) is 0 Å². The van der Waals surface area contributed by atoms with Crippen LogP contribution in [0.3, 0.4) is 0 Å². The van der Waals surface area contributed by atoms with E-state index in [4.69, 9.17) is 0 Å². The van der Waals surface area contributed by atoms with E-state index in [2.05, 4.69) is 11.1 Å². The predicted octanol–water partition coefficient (Wildman–Crippen LogP) is 0.733. The molecule has 0 saturated heterocycles. The Hall–Kier alpha value is -2.04. The number of nitrogens with one attached hydrogen (secondary N) is 1. The summed E-state index contributed by atoms with van der Waals surface area (Å²) >= 11 is 0. The Kier molecular flexibility index (Phi) is 3.06. The lowest BCUT2D eigenvalue weighted by Gasteiger charge is -1.95. The van der Waals surface area contributed by atoms with Crippen LogP contribution in [0, 0.1) is 0 Å². The molecular weight excluding hydrogens is 184 g/mol. The molecule has 0 spiro atoms. The summed E-state index contributed by atoms with van der Waals surface area (Å²) < 4.78 is 5.48. The van der Waals surface area contributed by atoms with Crippen molar-refractivity contribution in [1.29, 1.82) is 0 Å². The Morgan fingerprint density at radius 2 is 2.29 bits per heavy atom. The van der Waals surface area contributed by atoms with Gasteiger partial charge in [-0.1, -0.05) is 24.8 Å². The zero-order valence-electron chi connectivity index (χ0n) is 7.69. The molecule has 1 rings (SSSR count). The number of aromatic nitrogens is 2. The highest BCUT2D eigenvalue weighted by Gasteiger charge is 2.04. The molecule has 1 N–H and O–H groups in total. The fourth-order valence-electron chi connectivity index (χ4n) is 0.903. The highest BCUT2D eigenvalue weighted by molar-refractivity contribution is 5.55. The summed E-state index contributed by atoms with van der Waals surface area (Å²) in [6, 6.07) is 0. The first-order chi connectivity index (χ1) is 6.69. The average Bonchev–Trinajstić information content (AvgIpc) is 2.47. The van der Waals surface area contributed by atoms with E-state index in [1.54, 1.807) is 31.2 Å². The molecule has 0 fully saturated rings. The lowest BCUT2D eigenvalue weighted by Crippen LogP contribution is -2.15. The summed E-state index contributed by atoms with van der Waals surface area (Å²) in [5.41, 5.74) is -0.134. The van der Waals surface area contributed by atoms with Crippen molar-refractivity contribution in [3.8, 4) is 0 Å². The van der Waals surface area contributed by atoms with Crippen LogP contribution < -0.4 is 11.4 Å². The van der Waals surface area contributed by atoms with Crippen LogP contribution in [-0.2, 0) is 0 Å². The topological polar surface area (TPSA) is 68.0 Å². The number of hydrogen-bond donors (Lipinski definition) is 1. The highest BCUT2D eigenvalue weighted by Crippen LogP contribution is 2.00. The fraction of sp³-hybridized carbons (Fsp3) is 0.111. The Bertz CT molecular complexity index is 485. The third kappa shape index (κ3) is 2.01. The smallest absolute Gasteiger partial charge is 0.312 e. The Labute approximate surface area is 79.6 Å². The van der Waals surface area contributed by atoms with Crippen molar-refractivity contribution in [1.82, 2.24) is 9.72 Å². The molecule has 5 heteroatoms. The van der Waals surface area contributed by atoms with Crippen LogP contribution >= 0.6 is 0 Å². The number of nitrogens with zero attached hydrogens (tertiary/aromatic N) is 1. The summed E-state index contributed by atoms with van der Waals surface area (Å²) in [7, 11) is 0. The Morgan fingerprint density at radius 1 is 1.57 bits per heavy atom. The number of aromatic amines is 1. The Balaban J connectivity index is 3.21. The molecule has 0 aliphatic heterocycles. The van der Waals surface area contributed by atoms with Crippen molar-refractivity contribution in [2.75, 3.05) is 0 Å². The second-order valence-corrected chi connectivity index (χ2v) is 2.41. The quantitative estimate of drug-likeness (QED) is 0.721. The molecule has 0 amide bonds. The van der Waals surface area contributed by atoms with Crippen LogP contribution in [0.15, 0.2) is 45.0 Å². The Morgan fingerprint density at radius 3 is 2.71 bits per heavy atom. The van der Waals surface area contributed by atoms with Crippen LogP contribution in [0.25, 0.3) is 5.70 Å². The monoisotopic (exact) mass is 194 g/mol. The van der Waals surface area contributed by atoms with Gasteiger partial charge in [-0.05, 0) is 13.0 Å². The van der Waals surface area contributed by atoms with Gasteiger partial charge in [0.2, 0.25) is 0 Å². The summed E-state index contributed by atoms with van der Waals surface area (Å²) in [6.45, 7) is 5.21. The molecule has 0 saturated carbocycles. The van der Waals surface area contributed by atoms with Crippen molar-refractivity contribution in [3.05, 3.63) is 51.9 Å². The SMILES string of the molecule is C=C/C=C\C(=C/C)n1oc(=O)[nH]c1=O. The van der Waals surface area contributed by atoms with Crippen LogP contribution in [0.2, 0.25) is 0 Å². The first-order valence-electron chi connectivity index (χ1n) is 3.97. The molecule has 0 unspecified atom stereocenters. The van der Waals surface area contributed by atoms with E-state index in [9.17, 15) is 9.59 Å². The van der Waals surface area contributed by atoms with Crippen molar-refractivity contribution in [2.45, 2.75) is 6.92 Å². The molecule has 1 aromatic heterocycles. The average molecular weight is 194 g/mol. The van der Waals surface area contributed by atoms with Gasteiger partial charge in [0.25, 0.3) is 0 Å². The van der Waals surface area contributed by atoms with Crippen LogP contribution in [0.5, 0.6) is 0 Å². The number of allylic oxidation sites excluding steroid dienone is 5. The molecule has 0 aliphatic carbocycles. The second kappa shape index (κ2) is 4.27. The van der Waals surface area contributed by atoms with Gasteiger partial charge in [-0.3, -0.25) is 0 Å². The van der Waals surface area contributed by atoms with Gasteiger partial charge < -0.3 is 4.52 Å².